The molecule has 16 heavy (non-hydrogen) atoms. The third-order valence-corrected chi connectivity index (χ3v) is 2.89. The average Bonchev–Trinajstić information content (AvgIpc) is 2.35. The van der Waals surface area contributed by atoms with Gasteiger partial charge in [0.15, 0.2) is 11.5 Å². The summed E-state index contributed by atoms with van der Waals surface area (Å²) in [5, 5.41) is 3.18. The molecule has 0 radical (unpaired) electrons. The maximum atomic E-state index is 5.60. The van der Waals surface area contributed by atoms with Crippen LogP contribution in [0.25, 0.3) is 0 Å². The highest BCUT2D eigenvalue weighted by Crippen LogP contribution is 2.33. The van der Waals surface area contributed by atoms with E-state index >= 15 is 0 Å². The monoisotopic (exact) mass is 221 g/mol. The third kappa shape index (κ3) is 2.30. The second-order valence-corrected chi connectivity index (χ2v) is 3.97. The molecule has 0 aliphatic carbocycles. The van der Waals surface area contributed by atoms with Gasteiger partial charge in [-0.15, -0.1) is 0 Å². The van der Waals surface area contributed by atoms with Crippen molar-refractivity contribution < 1.29 is 9.47 Å². The zero-order valence-electron chi connectivity index (χ0n) is 10.0. The van der Waals surface area contributed by atoms with Gasteiger partial charge in [0.2, 0.25) is 0 Å². The van der Waals surface area contributed by atoms with Crippen molar-refractivity contribution in [3.8, 4) is 11.5 Å². The van der Waals surface area contributed by atoms with Crippen LogP contribution in [0.4, 0.5) is 0 Å². The first kappa shape index (κ1) is 11.3. The Labute approximate surface area is 96.8 Å². The summed E-state index contributed by atoms with van der Waals surface area (Å²) in [6, 6.07) is 4.25. The van der Waals surface area contributed by atoms with E-state index < -0.39 is 0 Å². The van der Waals surface area contributed by atoms with E-state index in [2.05, 4.69) is 24.4 Å². The van der Waals surface area contributed by atoms with Crippen LogP contribution in [0.1, 0.15) is 18.1 Å². The summed E-state index contributed by atoms with van der Waals surface area (Å²) < 4.78 is 11.2. The Hall–Kier alpha value is -1.22. The number of likely N-dealkylation sites (N-methyl/N-ethyl adjacent to an activating group) is 1. The highest BCUT2D eigenvalue weighted by atomic mass is 16.6. The average molecular weight is 221 g/mol. The normalized spacial score (nSPS) is 13.9. The first-order valence-corrected chi connectivity index (χ1v) is 5.91. The van der Waals surface area contributed by atoms with Gasteiger partial charge in [-0.25, -0.2) is 0 Å². The molecule has 0 amide bonds. The molecule has 3 nitrogen and oxygen atoms in total. The molecule has 2 rings (SSSR count). The fourth-order valence-electron chi connectivity index (χ4n) is 1.99. The molecule has 1 heterocycles. The van der Waals surface area contributed by atoms with Crippen molar-refractivity contribution in [3.05, 3.63) is 23.3 Å². The largest absolute Gasteiger partial charge is 0.486 e. The maximum absolute atomic E-state index is 5.60. The fourth-order valence-corrected chi connectivity index (χ4v) is 1.99. The number of hydrogen-bond acceptors (Lipinski definition) is 3. The molecule has 0 spiro atoms. The Morgan fingerprint density at radius 2 is 1.75 bits per heavy atom. The van der Waals surface area contributed by atoms with Gasteiger partial charge in [0.25, 0.3) is 0 Å². The Bertz CT molecular complexity index is 363. The number of fused-ring (bicyclic) bond motifs is 1. The first-order valence-electron chi connectivity index (χ1n) is 5.91. The Kier molecular flexibility index (Phi) is 3.67. The molecule has 0 aromatic heterocycles. The zero-order chi connectivity index (χ0) is 11.4. The van der Waals surface area contributed by atoms with Crippen LogP contribution in [0.2, 0.25) is 0 Å². The van der Waals surface area contributed by atoms with Gasteiger partial charge < -0.3 is 14.8 Å². The maximum Gasteiger partial charge on any atom is 0.161 e. The van der Waals surface area contributed by atoms with Crippen molar-refractivity contribution in [2.75, 3.05) is 26.8 Å². The van der Waals surface area contributed by atoms with Crippen molar-refractivity contribution in [1.29, 1.82) is 0 Å². The second-order valence-electron chi connectivity index (χ2n) is 3.97. The van der Waals surface area contributed by atoms with Crippen LogP contribution in [0.3, 0.4) is 0 Å². The van der Waals surface area contributed by atoms with Crippen molar-refractivity contribution in [1.82, 2.24) is 5.32 Å². The standard InChI is InChI=1S/C13H19NO2/c1-3-10-8-12-13(16-7-6-15-12)9-11(10)4-5-14-2/h8-9,14H,3-7H2,1-2H3. The Morgan fingerprint density at radius 3 is 2.31 bits per heavy atom. The zero-order valence-corrected chi connectivity index (χ0v) is 10.0. The highest BCUT2D eigenvalue weighted by molar-refractivity contribution is 5.48. The van der Waals surface area contributed by atoms with Crippen LogP contribution in [0.15, 0.2) is 12.1 Å². The summed E-state index contributed by atoms with van der Waals surface area (Å²) in [7, 11) is 1.98. The molecule has 1 aromatic rings. The van der Waals surface area contributed by atoms with Crippen LogP contribution in [0, 0.1) is 0 Å². The summed E-state index contributed by atoms with van der Waals surface area (Å²) in [6.45, 7) is 4.48. The van der Waals surface area contributed by atoms with E-state index in [0.29, 0.717) is 13.2 Å². The summed E-state index contributed by atoms with van der Waals surface area (Å²) in [4.78, 5) is 0. The lowest BCUT2D eigenvalue weighted by atomic mass is 10.0. The minimum atomic E-state index is 0.657. The van der Waals surface area contributed by atoms with Crippen LogP contribution >= 0.6 is 0 Å². The molecule has 0 fully saturated rings. The van der Waals surface area contributed by atoms with E-state index in [-0.39, 0.29) is 0 Å². The number of rotatable bonds is 4. The van der Waals surface area contributed by atoms with Crippen molar-refractivity contribution >= 4 is 0 Å². The van der Waals surface area contributed by atoms with Crippen molar-refractivity contribution in [2.24, 2.45) is 0 Å². The Balaban J connectivity index is 2.28. The number of aryl methyl sites for hydroxylation is 1. The predicted molar refractivity (Wildman–Crippen MR) is 64.4 cm³/mol. The van der Waals surface area contributed by atoms with E-state index in [1.165, 1.54) is 11.1 Å². The minimum absolute atomic E-state index is 0.657. The van der Waals surface area contributed by atoms with Crippen molar-refractivity contribution in [2.45, 2.75) is 19.8 Å². The quantitative estimate of drug-likeness (QED) is 0.840. The molecule has 0 atom stereocenters. The van der Waals surface area contributed by atoms with Crippen LogP contribution in [0.5, 0.6) is 11.5 Å². The molecule has 0 saturated heterocycles. The number of nitrogens with one attached hydrogen (secondary N) is 1. The van der Waals surface area contributed by atoms with Crippen LogP contribution in [-0.2, 0) is 12.8 Å². The lowest BCUT2D eigenvalue weighted by Crippen LogP contribution is -2.17. The van der Waals surface area contributed by atoms with Gasteiger partial charge in [0, 0.05) is 0 Å². The van der Waals surface area contributed by atoms with E-state index in [0.717, 1.165) is 30.9 Å². The highest BCUT2D eigenvalue weighted by Gasteiger charge is 2.14. The molecule has 0 unspecified atom stereocenters. The molecular formula is C13H19NO2. The molecule has 0 saturated carbocycles. The van der Waals surface area contributed by atoms with Gasteiger partial charge in [-0.2, -0.15) is 0 Å². The summed E-state index contributed by atoms with van der Waals surface area (Å²) in [5.74, 6) is 1.80. The van der Waals surface area contributed by atoms with E-state index in [9.17, 15) is 0 Å². The van der Waals surface area contributed by atoms with Crippen molar-refractivity contribution in [3.63, 3.8) is 0 Å². The molecule has 1 aliphatic rings. The van der Waals surface area contributed by atoms with Gasteiger partial charge in [-0.1, -0.05) is 6.92 Å². The number of hydrogen-bond donors (Lipinski definition) is 1. The topological polar surface area (TPSA) is 30.5 Å². The summed E-state index contributed by atoms with van der Waals surface area (Å²) in [6.07, 6.45) is 2.08. The molecule has 0 bridgehead atoms. The van der Waals surface area contributed by atoms with E-state index in [4.69, 9.17) is 9.47 Å². The van der Waals surface area contributed by atoms with Gasteiger partial charge >= 0.3 is 0 Å². The predicted octanol–water partition coefficient (Wildman–Crippen LogP) is 1.78. The van der Waals surface area contributed by atoms with Crippen LogP contribution < -0.4 is 14.8 Å². The number of ether oxygens (including phenoxy) is 2. The molecule has 1 N–H and O–H groups in total. The SMILES string of the molecule is CCc1cc2c(cc1CCNC)OCCO2. The van der Waals surface area contributed by atoms with E-state index in [1.54, 1.807) is 0 Å². The molecule has 3 heteroatoms. The second kappa shape index (κ2) is 5.21. The molecule has 1 aliphatic heterocycles. The molecule has 1 aromatic carbocycles. The van der Waals surface area contributed by atoms with Gasteiger partial charge in [0.1, 0.15) is 13.2 Å². The lowest BCUT2D eigenvalue weighted by Gasteiger charge is -2.21. The minimum Gasteiger partial charge on any atom is -0.486 e. The third-order valence-electron chi connectivity index (χ3n) is 2.89. The lowest BCUT2D eigenvalue weighted by molar-refractivity contribution is 0.171. The van der Waals surface area contributed by atoms with Crippen LogP contribution in [-0.4, -0.2) is 26.8 Å². The number of benzene rings is 1. The van der Waals surface area contributed by atoms with E-state index in [1.807, 2.05) is 7.05 Å². The Morgan fingerprint density at radius 1 is 1.12 bits per heavy atom. The molecular weight excluding hydrogens is 202 g/mol. The summed E-state index contributed by atoms with van der Waals surface area (Å²) >= 11 is 0. The first-order chi connectivity index (χ1) is 7.85. The van der Waals surface area contributed by atoms with Gasteiger partial charge in [0.05, 0.1) is 0 Å². The fraction of sp³-hybridized carbons (Fsp3) is 0.538. The van der Waals surface area contributed by atoms with Gasteiger partial charge in [-0.3, -0.25) is 0 Å². The summed E-state index contributed by atoms with van der Waals surface area (Å²) in [5.41, 5.74) is 2.72. The van der Waals surface area contributed by atoms with Gasteiger partial charge in [-0.05, 0) is 49.7 Å². The molecule has 88 valence electrons. The smallest absolute Gasteiger partial charge is 0.161 e.